The molecule has 1 saturated heterocycles. The molecule has 0 saturated carbocycles. The van der Waals surface area contributed by atoms with E-state index in [-0.39, 0.29) is 11.9 Å². The largest absolute Gasteiger partial charge is 0.357 e. The van der Waals surface area contributed by atoms with Crippen LogP contribution in [0.1, 0.15) is 37.4 Å². The van der Waals surface area contributed by atoms with Crippen molar-refractivity contribution >= 4 is 11.7 Å². The van der Waals surface area contributed by atoms with Gasteiger partial charge in [-0.3, -0.25) is 9.69 Å². The summed E-state index contributed by atoms with van der Waals surface area (Å²) in [5.41, 5.74) is 2.36. The van der Waals surface area contributed by atoms with Crippen LogP contribution in [0.2, 0.25) is 0 Å². The number of hydrogen-bond donors (Lipinski definition) is 1. The molecule has 1 atom stereocenters. The molecule has 26 heavy (non-hydrogen) atoms. The summed E-state index contributed by atoms with van der Waals surface area (Å²) in [5, 5.41) is 2.99. The van der Waals surface area contributed by atoms with Gasteiger partial charge in [0.2, 0.25) is 5.91 Å². The van der Waals surface area contributed by atoms with Gasteiger partial charge in [-0.1, -0.05) is 36.4 Å². The van der Waals surface area contributed by atoms with Gasteiger partial charge in [0.05, 0.1) is 0 Å². The van der Waals surface area contributed by atoms with Gasteiger partial charge in [0.1, 0.15) is 5.82 Å². The number of rotatable bonds is 5. The van der Waals surface area contributed by atoms with Gasteiger partial charge in [-0.25, -0.2) is 4.98 Å². The first kappa shape index (κ1) is 18.4. The second-order valence-corrected chi connectivity index (χ2v) is 7.18. The second-order valence-electron chi connectivity index (χ2n) is 7.18. The summed E-state index contributed by atoms with van der Waals surface area (Å²) in [6, 6.07) is 15.0. The van der Waals surface area contributed by atoms with Crippen LogP contribution in [-0.4, -0.2) is 42.0 Å². The fourth-order valence-corrected chi connectivity index (χ4v) is 3.28. The van der Waals surface area contributed by atoms with Gasteiger partial charge in [-0.05, 0) is 31.0 Å². The molecule has 1 aromatic heterocycles. The molecule has 0 aliphatic carbocycles. The monoisotopic (exact) mass is 352 g/mol. The fraction of sp³-hybridized carbons (Fsp3) is 0.429. The predicted octanol–water partition coefficient (Wildman–Crippen LogP) is 2.99. The number of anilines is 1. The maximum absolute atomic E-state index is 12.1. The summed E-state index contributed by atoms with van der Waals surface area (Å²) < 4.78 is 0. The third kappa shape index (κ3) is 4.41. The number of aromatic nitrogens is 1. The lowest BCUT2D eigenvalue weighted by atomic mass is 10.0. The number of pyridine rings is 1. The van der Waals surface area contributed by atoms with Crippen molar-refractivity contribution in [1.82, 2.24) is 15.2 Å². The van der Waals surface area contributed by atoms with Crippen LogP contribution in [0.15, 0.2) is 48.7 Å². The summed E-state index contributed by atoms with van der Waals surface area (Å²) in [6.07, 6.45) is 2.45. The Balaban J connectivity index is 1.78. The second kappa shape index (κ2) is 8.32. The first-order chi connectivity index (χ1) is 12.5. The van der Waals surface area contributed by atoms with Crippen LogP contribution < -0.4 is 10.2 Å². The highest BCUT2D eigenvalue weighted by molar-refractivity contribution is 5.77. The quantitative estimate of drug-likeness (QED) is 0.899. The highest BCUT2D eigenvalue weighted by Crippen LogP contribution is 2.27. The minimum Gasteiger partial charge on any atom is -0.357 e. The van der Waals surface area contributed by atoms with E-state index in [0.29, 0.717) is 19.0 Å². The Hall–Kier alpha value is -2.40. The van der Waals surface area contributed by atoms with E-state index in [1.54, 1.807) is 0 Å². The molecule has 2 aromatic rings. The minimum atomic E-state index is 0.0942. The summed E-state index contributed by atoms with van der Waals surface area (Å²) in [4.78, 5) is 21.2. The lowest BCUT2D eigenvalue weighted by molar-refractivity contribution is -0.121. The maximum Gasteiger partial charge on any atom is 0.221 e. The molecule has 0 radical (unpaired) electrons. The number of nitrogens with one attached hydrogen (secondary N) is 1. The van der Waals surface area contributed by atoms with Gasteiger partial charge >= 0.3 is 0 Å². The van der Waals surface area contributed by atoms with Gasteiger partial charge in [0.15, 0.2) is 0 Å². The van der Waals surface area contributed by atoms with Crippen LogP contribution in [0, 0.1) is 0 Å². The van der Waals surface area contributed by atoms with E-state index in [1.807, 2.05) is 24.4 Å². The van der Waals surface area contributed by atoms with Crippen molar-refractivity contribution in [1.29, 1.82) is 0 Å². The number of carbonyl (C=O) groups excluding carboxylic acids is 1. The minimum absolute atomic E-state index is 0.0942. The average molecular weight is 352 g/mol. The van der Waals surface area contributed by atoms with Crippen LogP contribution in [0.25, 0.3) is 0 Å². The Morgan fingerprint density at radius 1 is 1.23 bits per heavy atom. The lowest BCUT2D eigenvalue weighted by Gasteiger charge is -2.29. The van der Waals surface area contributed by atoms with E-state index < -0.39 is 0 Å². The summed E-state index contributed by atoms with van der Waals surface area (Å²) in [5.74, 6) is 1.10. The zero-order valence-electron chi connectivity index (χ0n) is 15.9. The lowest BCUT2D eigenvalue weighted by Crippen LogP contribution is -2.30. The first-order valence-corrected chi connectivity index (χ1v) is 9.28. The third-order valence-electron chi connectivity index (χ3n) is 5.06. The summed E-state index contributed by atoms with van der Waals surface area (Å²) >= 11 is 0. The van der Waals surface area contributed by atoms with E-state index >= 15 is 0 Å². The Morgan fingerprint density at radius 2 is 2.00 bits per heavy atom. The molecule has 138 valence electrons. The first-order valence-electron chi connectivity index (χ1n) is 9.28. The van der Waals surface area contributed by atoms with E-state index in [0.717, 1.165) is 18.9 Å². The molecule has 1 aliphatic heterocycles. The van der Waals surface area contributed by atoms with Crippen LogP contribution in [0.4, 0.5) is 5.82 Å². The van der Waals surface area contributed by atoms with E-state index in [9.17, 15) is 4.79 Å². The SMILES string of the molecule is CC(C)N(C)c1ccc(CN2CCNC(=O)C[C@H]2c2ccccc2)cn1. The van der Waals surface area contributed by atoms with Crippen LogP contribution in [-0.2, 0) is 11.3 Å². The molecule has 1 amide bonds. The molecule has 1 aliphatic rings. The Kier molecular flexibility index (Phi) is 5.89. The fourth-order valence-electron chi connectivity index (χ4n) is 3.28. The van der Waals surface area contributed by atoms with Crippen LogP contribution >= 0.6 is 0 Å². The summed E-state index contributed by atoms with van der Waals surface area (Å²) in [6.45, 7) is 6.61. The third-order valence-corrected chi connectivity index (χ3v) is 5.06. The number of nitrogens with zero attached hydrogens (tertiary/aromatic N) is 3. The topological polar surface area (TPSA) is 48.5 Å². The molecule has 5 nitrogen and oxygen atoms in total. The number of benzene rings is 1. The van der Waals surface area contributed by atoms with Crippen molar-refractivity contribution in [2.75, 3.05) is 25.0 Å². The number of hydrogen-bond acceptors (Lipinski definition) is 4. The van der Waals surface area contributed by atoms with Crippen molar-refractivity contribution in [3.05, 3.63) is 59.8 Å². The molecule has 0 bridgehead atoms. The predicted molar refractivity (Wildman–Crippen MR) is 105 cm³/mol. The highest BCUT2D eigenvalue weighted by Gasteiger charge is 2.26. The van der Waals surface area contributed by atoms with E-state index in [2.05, 4.69) is 65.3 Å². The molecule has 3 rings (SSSR count). The van der Waals surface area contributed by atoms with E-state index in [4.69, 9.17) is 0 Å². The zero-order chi connectivity index (χ0) is 18.5. The molecule has 5 heteroatoms. The molecule has 0 unspecified atom stereocenters. The maximum atomic E-state index is 12.1. The molecule has 2 heterocycles. The molecule has 0 spiro atoms. The van der Waals surface area contributed by atoms with E-state index in [1.165, 1.54) is 11.1 Å². The molecule has 1 fully saturated rings. The van der Waals surface area contributed by atoms with Crippen molar-refractivity contribution in [3.8, 4) is 0 Å². The van der Waals surface area contributed by atoms with Crippen molar-refractivity contribution in [2.24, 2.45) is 0 Å². The van der Waals surface area contributed by atoms with Gasteiger partial charge in [-0.2, -0.15) is 0 Å². The highest BCUT2D eigenvalue weighted by atomic mass is 16.1. The molecule has 1 N–H and O–H groups in total. The smallest absolute Gasteiger partial charge is 0.221 e. The van der Waals surface area contributed by atoms with Gasteiger partial charge in [0.25, 0.3) is 0 Å². The number of amides is 1. The molecule has 1 aromatic carbocycles. The van der Waals surface area contributed by atoms with Crippen LogP contribution in [0.3, 0.4) is 0 Å². The van der Waals surface area contributed by atoms with Crippen molar-refractivity contribution < 1.29 is 4.79 Å². The van der Waals surface area contributed by atoms with Crippen LogP contribution in [0.5, 0.6) is 0 Å². The molecular formula is C21H28N4O. The Labute approximate surface area is 156 Å². The van der Waals surface area contributed by atoms with Gasteiger partial charge in [-0.15, -0.1) is 0 Å². The van der Waals surface area contributed by atoms with Crippen molar-refractivity contribution in [3.63, 3.8) is 0 Å². The normalized spacial score (nSPS) is 18.5. The van der Waals surface area contributed by atoms with Gasteiger partial charge in [0, 0.05) is 51.4 Å². The Morgan fingerprint density at radius 3 is 2.65 bits per heavy atom. The summed E-state index contributed by atoms with van der Waals surface area (Å²) in [7, 11) is 2.06. The van der Waals surface area contributed by atoms with Crippen molar-refractivity contribution in [2.45, 2.75) is 38.9 Å². The standard InChI is InChI=1S/C21H28N4O/c1-16(2)24(3)20-10-9-17(14-23-20)15-25-12-11-22-21(26)13-19(25)18-7-5-4-6-8-18/h4-10,14,16,19H,11-13,15H2,1-3H3,(H,22,26)/t19-/m0/s1. The molecular weight excluding hydrogens is 324 g/mol. The Bertz CT molecular complexity index is 715. The van der Waals surface area contributed by atoms with Gasteiger partial charge < -0.3 is 10.2 Å². The zero-order valence-corrected chi connectivity index (χ0v) is 15.9. The number of carbonyl (C=O) groups is 1. The average Bonchev–Trinajstić information content (AvgIpc) is 2.84.